The molecule has 9 nitrogen and oxygen atoms in total. The molecule has 3 heterocycles. The number of pyridine rings is 1. The number of tetrazole rings is 1. The lowest BCUT2D eigenvalue weighted by atomic mass is 10.1. The lowest BCUT2D eigenvalue weighted by Crippen LogP contribution is -3.08. The Labute approximate surface area is 179 Å². The summed E-state index contributed by atoms with van der Waals surface area (Å²) < 4.78 is 12.7. The molecule has 0 bridgehead atoms. The number of hydrogen-bond donors (Lipinski definition) is 2. The largest absolute Gasteiger partial charge is 0.497 e. The van der Waals surface area contributed by atoms with Crippen molar-refractivity contribution in [2.24, 2.45) is 0 Å². The van der Waals surface area contributed by atoms with Gasteiger partial charge in [-0.3, -0.25) is 4.79 Å². The van der Waals surface area contributed by atoms with E-state index < -0.39 is 0 Å². The molecule has 31 heavy (non-hydrogen) atoms. The highest BCUT2D eigenvalue weighted by Gasteiger charge is 2.24. The fourth-order valence-electron chi connectivity index (χ4n) is 3.67. The van der Waals surface area contributed by atoms with E-state index in [4.69, 9.17) is 9.15 Å². The summed E-state index contributed by atoms with van der Waals surface area (Å²) >= 11 is 0. The lowest BCUT2D eigenvalue weighted by Gasteiger charge is -2.22. The Balaban J connectivity index is 1.67. The second-order valence-electron chi connectivity index (χ2n) is 8.61. The molecule has 162 valence electrons. The van der Waals surface area contributed by atoms with Gasteiger partial charge >= 0.3 is 0 Å². The van der Waals surface area contributed by atoms with E-state index >= 15 is 0 Å². The van der Waals surface area contributed by atoms with Gasteiger partial charge in [-0.15, -0.1) is 5.10 Å². The summed E-state index contributed by atoms with van der Waals surface area (Å²) in [5, 5.41) is 13.2. The summed E-state index contributed by atoms with van der Waals surface area (Å²) in [6.45, 7) is 7.79. The van der Waals surface area contributed by atoms with Gasteiger partial charge in [0.15, 0.2) is 5.76 Å². The first-order chi connectivity index (χ1) is 14.8. The Morgan fingerprint density at radius 2 is 2.00 bits per heavy atom. The molecule has 1 unspecified atom stereocenters. The number of aromatic amines is 1. The molecular formula is C22H27N6O3+. The van der Waals surface area contributed by atoms with Gasteiger partial charge in [-0.1, -0.05) is 0 Å². The van der Waals surface area contributed by atoms with Gasteiger partial charge in [0.25, 0.3) is 5.56 Å². The molecular weight excluding hydrogens is 396 g/mol. The Morgan fingerprint density at radius 1 is 1.16 bits per heavy atom. The molecule has 0 spiro atoms. The predicted molar refractivity (Wildman–Crippen MR) is 115 cm³/mol. The average Bonchev–Trinajstić information content (AvgIpc) is 3.40. The number of aromatic nitrogens is 5. The Hall–Kier alpha value is -3.46. The van der Waals surface area contributed by atoms with E-state index in [-0.39, 0.29) is 11.1 Å². The van der Waals surface area contributed by atoms with Crippen LogP contribution in [0, 0.1) is 0 Å². The van der Waals surface area contributed by atoms with Gasteiger partial charge < -0.3 is 19.0 Å². The first-order valence-electron chi connectivity index (χ1n) is 10.2. The highest BCUT2D eigenvalue weighted by molar-refractivity contribution is 5.80. The van der Waals surface area contributed by atoms with Crippen LogP contribution in [0.4, 0.5) is 0 Å². The third-order valence-electron chi connectivity index (χ3n) is 5.15. The predicted octanol–water partition coefficient (Wildman–Crippen LogP) is 1.66. The number of ether oxygens (including phenoxy) is 1. The molecule has 9 heteroatoms. The Bertz CT molecular complexity index is 1220. The van der Waals surface area contributed by atoms with Gasteiger partial charge in [0.1, 0.15) is 25.4 Å². The summed E-state index contributed by atoms with van der Waals surface area (Å²) in [6.07, 6.45) is 1.65. The summed E-state index contributed by atoms with van der Waals surface area (Å²) in [7, 11) is 1.63. The first kappa shape index (κ1) is 20.8. The maximum absolute atomic E-state index is 12.8. The van der Waals surface area contributed by atoms with Crippen LogP contribution in [0.3, 0.4) is 0 Å². The second kappa shape index (κ2) is 8.35. The number of benzene rings is 1. The van der Waals surface area contributed by atoms with Gasteiger partial charge in [-0.2, -0.15) is 0 Å². The van der Waals surface area contributed by atoms with Crippen molar-refractivity contribution in [1.29, 1.82) is 0 Å². The molecule has 3 aromatic heterocycles. The number of H-pyrrole nitrogens is 1. The second-order valence-corrected chi connectivity index (χ2v) is 8.61. The number of rotatable bonds is 7. The molecule has 0 saturated heterocycles. The monoisotopic (exact) mass is 423 g/mol. The minimum atomic E-state index is -0.244. The third-order valence-corrected chi connectivity index (χ3v) is 5.15. The number of nitrogens with one attached hydrogen (secondary N) is 2. The fourth-order valence-corrected chi connectivity index (χ4v) is 3.67. The van der Waals surface area contributed by atoms with E-state index in [0.717, 1.165) is 33.1 Å². The van der Waals surface area contributed by atoms with Gasteiger partial charge in [-0.25, -0.2) is 4.68 Å². The molecule has 0 aliphatic rings. The SMILES string of the molecule is COc1ccc2[nH]c(=O)c(C[NH+](Cc3ccco3)Cc3nnnn3C(C)(C)C)cc2c1. The zero-order valence-electron chi connectivity index (χ0n) is 18.2. The van der Waals surface area contributed by atoms with Crippen LogP contribution in [-0.4, -0.2) is 32.3 Å². The van der Waals surface area contributed by atoms with Crippen molar-refractivity contribution in [2.75, 3.05) is 7.11 Å². The van der Waals surface area contributed by atoms with Crippen LogP contribution in [-0.2, 0) is 25.2 Å². The normalized spacial score (nSPS) is 12.9. The zero-order chi connectivity index (χ0) is 22.0. The number of methoxy groups -OCH3 is 1. The molecule has 4 aromatic rings. The van der Waals surface area contributed by atoms with Gasteiger partial charge in [0.05, 0.1) is 24.5 Å². The average molecular weight is 423 g/mol. The van der Waals surface area contributed by atoms with Crippen LogP contribution in [0.2, 0.25) is 0 Å². The van der Waals surface area contributed by atoms with Gasteiger partial charge in [0.2, 0.25) is 5.82 Å². The zero-order valence-corrected chi connectivity index (χ0v) is 18.2. The molecule has 4 rings (SSSR count). The summed E-state index contributed by atoms with van der Waals surface area (Å²) in [4.78, 5) is 16.8. The van der Waals surface area contributed by atoms with E-state index in [0.29, 0.717) is 25.2 Å². The van der Waals surface area contributed by atoms with E-state index in [1.54, 1.807) is 13.4 Å². The van der Waals surface area contributed by atoms with E-state index in [1.807, 2.05) is 41.1 Å². The van der Waals surface area contributed by atoms with Crippen molar-refractivity contribution in [1.82, 2.24) is 25.2 Å². The molecule has 0 radical (unpaired) electrons. The van der Waals surface area contributed by atoms with Gasteiger partial charge in [0, 0.05) is 10.9 Å². The molecule has 0 amide bonds. The minimum Gasteiger partial charge on any atom is -0.497 e. The van der Waals surface area contributed by atoms with Crippen molar-refractivity contribution >= 4 is 10.9 Å². The third kappa shape index (κ3) is 4.66. The van der Waals surface area contributed by atoms with Crippen LogP contribution >= 0.6 is 0 Å². The molecule has 0 aliphatic heterocycles. The Morgan fingerprint density at radius 3 is 2.71 bits per heavy atom. The van der Waals surface area contributed by atoms with Crippen molar-refractivity contribution in [3.05, 3.63) is 70.2 Å². The van der Waals surface area contributed by atoms with Crippen molar-refractivity contribution in [3.8, 4) is 5.75 Å². The number of quaternary nitrogens is 1. The van der Waals surface area contributed by atoms with Crippen LogP contribution < -0.4 is 15.2 Å². The van der Waals surface area contributed by atoms with Crippen molar-refractivity contribution < 1.29 is 14.1 Å². The topological polar surface area (TPSA) is 103 Å². The quantitative estimate of drug-likeness (QED) is 0.469. The maximum atomic E-state index is 12.8. The van der Waals surface area contributed by atoms with Crippen LogP contribution in [0.1, 0.15) is 37.9 Å². The van der Waals surface area contributed by atoms with E-state index in [2.05, 4.69) is 41.3 Å². The summed E-state index contributed by atoms with van der Waals surface area (Å²) in [5.41, 5.74) is 1.10. The molecule has 2 N–H and O–H groups in total. The number of furan rings is 1. The highest BCUT2D eigenvalue weighted by atomic mass is 16.5. The number of fused-ring (bicyclic) bond motifs is 1. The minimum absolute atomic E-state index is 0.106. The lowest BCUT2D eigenvalue weighted by molar-refractivity contribution is -0.942. The van der Waals surface area contributed by atoms with E-state index in [9.17, 15) is 4.79 Å². The molecule has 0 fully saturated rings. The van der Waals surface area contributed by atoms with E-state index in [1.165, 1.54) is 0 Å². The summed E-state index contributed by atoms with van der Waals surface area (Å²) in [6, 6.07) is 11.3. The highest BCUT2D eigenvalue weighted by Crippen LogP contribution is 2.18. The first-order valence-corrected chi connectivity index (χ1v) is 10.2. The van der Waals surface area contributed by atoms with Crippen molar-refractivity contribution in [3.63, 3.8) is 0 Å². The summed E-state index contributed by atoms with van der Waals surface area (Å²) in [5.74, 6) is 2.34. The maximum Gasteiger partial charge on any atom is 0.257 e. The number of nitrogens with zero attached hydrogens (tertiary/aromatic N) is 4. The number of hydrogen-bond acceptors (Lipinski definition) is 6. The molecule has 0 aliphatic carbocycles. The molecule has 1 atom stereocenters. The van der Waals surface area contributed by atoms with Crippen LogP contribution in [0.5, 0.6) is 5.75 Å². The molecule has 0 saturated carbocycles. The molecule has 1 aromatic carbocycles. The fraction of sp³-hybridized carbons (Fsp3) is 0.364. The standard InChI is InChI=1S/C22H26N6O3/c1-22(2,3)28-20(24-25-26-28)14-27(13-18-6-5-9-31-18)12-16-10-15-11-17(30-4)7-8-19(15)23-21(16)29/h5-11H,12-14H2,1-4H3,(H,23,29)/p+1. The van der Waals surface area contributed by atoms with Crippen LogP contribution in [0.15, 0.2) is 51.9 Å². The van der Waals surface area contributed by atoms with Crippen LogP contribution in [0.25, 0.3) is 10.9 Å². The smallest absolute Gasteiger partial charge is 0.257 e. The Kier molecular flexibility index (Phi) is 5.60. The van der Waals surface area contributed by atoms with Gasteiger partial charge in [-0.05, 0) is 67.6 Å². The van der Waals surface area contributed by atoms with Crippen molar-refractivity contribution in [2.45, 2.75) is 45.9 Å².